The van der Waals surface area contributed by atoms with Gasteiger partial charge in [0.15, 0.2) is 11.6 Å². The SMILES string of the molecule is CCn1cnnc1-c1cc(Oc2ccc(N3CCN(CCOC)C3=O)cc2)c2cncn2c1. The van der Waals surface area contributed by atoms with Crippen molar-refractivity contribution in [2.75, 3.05) is 38.3 Å². The molecule has 3 aromatic heterocycles. The number of aryl methyl sites for hydroxylation is 1. The number of rotatable bonds is 8. The number of aromatic nitrogens is 5. The van der Waals surface area contributed by atoms with E-state index in [1.807, 2.05) is 52.4 Å². The topological polar surface area (TPSA) is 90.0 Å². The summed E-state index contributed by atoms with van der Waals surface area (Å²) in [5.74, 6) is 2.09. The summed E-state index contributed by atoms with van der Waals surface area (Å²) in [5.41, 5.74) is 2.56. The molecule has 0 unspecified atom stereocenters. The molecule has 5 rings (SSSR count). The van der Waals surface area contributed by atoms with Gasteiger partial charge in [-0.25, -0.2) is 9.78 Å². The van der Waals surface area contributed by atoms with Gasteiger partial charge < -0.3 is 23.3 Å². The lowest BCUT2D eigenvalue weighted by Gasteiger charge is -2.18. The van der Waals surface area contributed by atoms with Gasteiger partial charge in [0.2, 0.25) is 0 Å². The van der Waals surface area contributed by atoms with E-state index in [1.54, 1.807) is 35.8 Å². The lowest BCUT2D eigenvalue weighted by atomic mass is 10.2. The van der Waals surface area contributed by atoms with Gasteiger partial charge in [-0.2, -0.15) is 0 Å². The van der Waals surface area contributed by atoms with Crippen molar-refractivity contribution in [1.29, 1.82) is 0 Å². The highest BCUT2D eigenvalue weighted by Gasteiger charge is 2.29. The van der Waals surface area contributed by atoms with E-state index in [0.717, 1.165) is 29.1 Å². The van der Waals surface area contributed by atoms with Crippen LogP contribution in [0.5, 0.6) is 11.5 Å². The molecule has 1 aliphatic heterocycles. The van der Waals surface area contributed by atoms with Crippen LogP contribution in [0.25, 0.3) is 16.9 Å². The maximum atomic E-state index is 12.6. The zero-order valence-corrected chi connectivity index (χ0v) is 18.6. The van der Waals surface area contributed by atoms with Crippen molar-refractivity contribution in [3.8, 4) is 22.9 Å². The van der Waals surface area contributed by atoms with Crippen LogP contribution >= 0.6 is 0 Å². The molecule has 1 fully saturated rings. The molecule has 0 bridgehead atoms. The molecule has 0 N–H and O–H groups in total. The maximum absolute atomic E-state index is 12.6. The van der Waals surface area contributed by atoms with E-state index >= 15 is 0 Å². The van der Waals surface area contributed by atoms with Crippen molar-refractivity contribution in [2.24, 2.45) is 0 Å². The van der Waals surface area contributed by atoms with Gasteiger partial charge in [-0.15, -0.1) is 10.2 Å². The number of carbonyl (C=O) groups excluding carboxylic acids is 1. The summed E-state index contributed by atoms with van der Waals surface area (Å²) in [5, 5.41) is 8.29. The van der Waals surface area contributed by atoms with Crippen LogP contribution in [0.2, 0.25) is 0 Å². The summed E-state index contributed by atoms with van der Waals surface area (Å²) in [7, 11) is 1.64. The second kappa shape index (κ2) is 8.91. The average Bonchev–Trinajstić information content (AvgIpc) is 3.58. The van der Waals surface area contributed by atoms with Crippen molar-refractivity contribution in [3.05, 3.63) is 55.4 Å². The van der Waals surface area contributed by atoms with Gasteiger partial charge in [-0.05, 0) is 37.3 Å². The third-order valence-electron chi connectivity index (χ3n) is 5.73. The first-order chi connectivity index (χ1) is 16.2. The second-order valence-electron chi connectivity index (χ2n) is 7.73. The highest BCUT2D eigenvalue weighted by atomic mass is 16.5. The average molecular weight is 447 g/mol. The van der Waals surface area contributed by atoms with Crippen LogP contribution < -0.4 is 9.64 Å². The van der Waals surface area contributed by atoms with Gasteiger partial charge in [0, 0.05) is 50.7 Å². The van der Waals surface area contributed by atoms with E-state index in [0.29, 0.717) is 37.7 Å². The number of ether oxygens (including phenoxy) is 2. The number of imidazole rings is 1. The van der Waals surface area contributed by atoms with Gasteiger partial charge in [-0.3, -0.25) is 4.90 Å². The van der Waals surface area contributed by atoms with Crippen LogP contribution in [0.4, 0.5) is 10.5 Å². The summed E-state index contributed by atoms with van der Waals surface area (Å²) in [6, 6.07) is 9.48. The number of hydrogen-bond donors (Lipinski definition) is 0. The molecule has 1 aromatic carbocycles. The maximum Gasteiger partial charge on any atom is 0.324 e. The third-order valence-corrected chi connectivity index (χ3v) is 5.73. The number of fused-ring (bicyclic) bond motifs is 1. The molecule has 33 heavy (non-hydrogen) atoms. The monoisotopic (exact) mass is 447 g/mol. The third kappa shape index (κ3) is 4.00. The predicted octanol–water partition coefficient (Wildman–Crippen LogP) is 3.29. The van der Waals surface area contributed by atoms with E-state index in [-0.39, 0.29) is 6.03 Å². The highest BCUT2D eigenvalue weighted by molar-refractivity contribution is 5.94. The molecule has 4 aromatic rings. The summed E-state index contributed by atoms with van der Waals surface area (Å²) in [6.07, 6.45) is 7.16. The number of anilines is 1. The van der Waals surface area contributed by atoms with Crippen molar-refractivity contribution in [1.82, 2.24) is 29.0 Å². The van der Waals surface area contributed by atoms with Crippen LogP contribution in [0, 0.1) is 0 Å². The van der Waals surface area contributed by atoms with E-state index < -0.39 is 0 Å². The fourth-order valence-electron chi connectivity index (χ4n) is 3.97. The van der Waals surface area contributed by atoms with Crippen molar-refractivity contribution in [2.45, 2.75) is 13.5 Å². The highest BCUT2D eigenvalue weighted by Crippen LogP contribution is 2.32. The van der Waals surface area contributed by atoms with Gasteiger partial charge in [-0.1, -0.05) is 0 Å². The molecule has 1 aliphatic rings. The Bertz CT molecular complexity index is 1260. The van der Waals surface area contributed by atoms with Crippen LogP contribution in [-0.2, 0) is 11.3 Å². The van der Waals surface area contributed by atoms with Crippen LogP contribution in [0.3, 0.4) is 0 Å². The Kier molecular flexibility index (Phi) is 5.66. The Balaban J connectivity index is 1.38. The molecular formula is C23H25N7O3. The fourth-order valence-corrected chi connectivity index (χ4v) is 3.97. The number of nitrogens with zero attached hydrogens (tertiary/aromatic N) is 7. The van der Waals surface area contributed by atoms with Gasteiger partial charge in [0.1, 0.15) is 17.6 Å². The first-order valence-electron chi connectivity index (χ1n) is 10.8. The van der Waals surface area contributed by atoms with Crippen molar-refractivity contribution < 1.29 is 14.3 Å². The molecule has 4 heterocycles. The number of urea groups is 1. The molecule has 10 nitrogen and oxygen atoms in total. The Morgan fingerprint density at radius 1 is 1.12 bits per heavy atom. The number of hydrogen-bond acceptors (Lipinski definition) is 6. The number of pyridine rings is 1. The Labute approximate surface area is 191 Å². The quantitative estimate of drug-likeness (QED) is 0.412. The largest absolute Gasteiger partial charge is 0.455 e. The Morgan fingerprint density at radius 3 is 2.76 bits per heavy atom. The zero-order chi connectivity index (χ0) is 22.8. The molecule has 10 heteroatoms. The lowest BCUT2D eigenvalue weighted by Crippen LogP contribution is -2.33. The van der Waals surface area contributed by atoms with E-state index in [9.17, 15) is 4.79 Å². The van der Waals surface area contributed by atoms with Gasteiger partial charge >= 0.3 is 6.03 Å². The normalized spacial score (nSPS) is 13.9. The standard InChI is InChI=1S/C23H25N7O3/c1-3-27-16-25-26-22(27)17-12-21(20-13-24-15-29(20)14-17)33-19-6-4-18(5-7-19)30-9-8-28(23(30)31)10-11-32-2/h4-7,12-16H,3,8-11H2,1-2H3. The molecule has 0 atom stereocenters. The summed E-state index contributed by atoms with van der Waals surface area (Å²) < 4.78 is 15.2. The molecule has 2 amide bonds. The summed E-state index contributed by atoms with van der Waals surface area (Å²) in [6.45, 7) is 5.28. The minimum Gasteiger partial charge on any atom is -0.455 e. The second-order valence-corrected chi connectivity index (χ2v) is 7.73. The fraction of sp³-hybridized carbons (Fsp3) is 0.304. The minimum absolute atomic E-state index is 0.00516. The summed E-state index contributed by atoms with van der Waals surface area (Å²) >= 11 is 0. The van der Waals surface area contributed by atoms with Crippen molar-refractivity contribution >= 4 is 17.2 Å². The lowest BCUT2D eigenvalue weighted by molar-refractivity contribution is 0.162. The molecular weight excluding hydrogens is 422 g/mol. The van der Waals surface area contributed by atoms with Gasteiger partial charge in [0.05, 0.1) is 19.1 Å². The van der Waals surface area contributed by atoms with Crippen LogP contribution in [-0.4, -0.2) is 68.4 Å². The first kappa shape index (κ1) is 21.0. The van der Waals surface area contributed by atoms with E-state index in [1.165, 1.54) is 0 Å². The number of carbonyl (C=O) groups is 1. The number of benzene rings is 1. The molecule has 170 valence electrons. The van der Waals surface area contributed by atoms with Crippen molar-refractivity contribution in [3.63, 3.8) is 0 Å². The van der Waals surface area contributed by atoms with E-state index in [2.05, 4.69) is 15.2 Å². The van der Waals surface area contributed by atoms with E-state index in [4.69, 9.17) is 9.47 Å². The van der Waals surface area contributed by atoms with Gasteiger partial charge in [0.25, 0.3) is 0 Å². The van der Waals surface area contributed by atoms with Crippen LogP contribution in [0.15, 0.2) is 55.4 Å². The Hall–Kier alpha value is -3.92. The van der Waals surface area contributed by atoms with Crippen LogP contribution in [0.1, 0.15) is 6.92 Å². The molecule has 0 aliphatic carbocycles. The Morgan fingerprint density at radius 2 is 1.97 bits per heavy atom. The molecule has 0 spiro atoms. The number of amides is 2. The zero-order valence-electron chi connectivity index (χ0n) is 18.6. The molecule has 0 saturated carbocycles. The molecule has 0 radical (unpaired) electrons. The minimum atomic E-state index is -0.00516. The molecule has 1 saturated heterocycles. The smallest absolute Gasteiger partial charge is 0.324 e. The summed E-state index contributed by atoms with van der Waals surface area (Å²) in [4.78, 5) is 20.5. The first-order valence-corrected chi connectivity index (χ1v) is 10.8. The predicted molar refractivity (Wildman–Crippen MR) is 123 cm³/mol. The number of methoxy groups -OCH3 is 1.